The lowest BCUT2D eigenvalue weighted by Gasteiger charge is -2.37. The number of carbonyl (C=O) groups is 1. The predicted octanol–water partition coefficient (Wildman–Crippen LogP) is 2.97. The molecule has 1 spiro atoms. The maximum atomic E-state index is 12.9. The number of hydrogen-bond acceptors (Lipinski definition) is 4. The molecule has 0 radical (unpaired) electrons. The van der Waals surface area contributed by atoms with E-state index < -0.39 is 5.79 Å². The summed E-state index contributed by atoms with van der Waals surface area (Å²) in [6.07, 6.45) is 1.47. The second-order valence-electron chi connectivity index (χ2n) is 7.56. The third-order valence-electron chi connectivity index (χ3n) is 4.88. The normalized spacial score (nSPS) is 20.4. The summed E-state index contributed by atoms with van der Waals surface area (Å²) < 4.78 is 16.9. The van der Waals surface area contributed by atoms with Crippen LogP contribution in [0, 0.1) is 0 Å². The van der Waals surface area contributed by atoms with Crippen LogP contribution in [-0.4, -0.2) is 50.0 Å². The molecule has 0 N–H and O–H groups in total. The third kappa shape index (κ3) is 3.28. The first-order chi connectivity index (χ1) is 11.3. The zero-order chi connectivity index (χ0) is 17.4. The lowest BCUT2D eigenvalue weighted by atomic mass is 9.85. The van der Waals surface area contributed by atoms with Crippen molar-refractivity contribution in [3.05, 3.63) is 29.3 Å². The van der Waals surface area contributed by atoms with Crippen LogP contribution >= 0.6 is 0 Å². The molecule has 2 fully saturated rings. The zero-order valence-electron chi connectivity index (χ0n) is 15.1. The molecule has 132 valence electrons. The second kappa shape index (κ2) is 6.37. The van der Waals surface area contributed by atoms with Gasteiger partial charge in [0.25, 0.3) is 5.91 Å². The van der Waals surface area contributed by atoms with Gasteiger partial charge in [0.05, 0.1) is 20.3 Å². The molecule has 0 aliphatic carbocycles. The molecule has 0 saturated carbocycles. The molecule has 5 heteroatoms. The highest BCUT2D eigenvalue weighted by molar-refractivity contribution is 5.94. The number of likely N-dealkylation sites (tertiary alicyclic amines) is 1. The maximum Gasteiger partial charge on any atom is 0.253 e. The van der Waals surface area contributed by atoms with Gasteiger partial charge in [0.1, 0.15) is 5.75 Å². The molecule has 0 aromatic heterocycles. The van der Waals surface area contributed by atoms with E-state index in [0.717, 1.165) is 24.2 Å². The van der Waals surface area contributed by atoms with Crippen LogP contribution in [0.1, 0.15) is 49.5 Å². The van der Waals surface area contributed by atoms with E-state index in [-0.39, 0.29) is 11.3 Å². The minimum absolute atomic E-state index is 0.0657. The van der Waals surface area contributed by atoms with Crippen LogP contribution in [0.15, 0.2) is 18.2 Å². The number of methoxy groups -OCH3 is 1. The van der Waals surface area contributed by atoms with Gasteiger partial charge in [-0.05, 0) is 23.6 Å². The van der Waals surface area contributed by atoms with E-state index in [0.29, 0.717) is 31.9 Å². The quantitative estimate of drug-likeness (QED) is 0.835. The topological polar surface area (TPSA) is 48.0 Å². The van der Waals surface area contributed by atoms with Crippen molar-refractivity contribution in [2.45, 2.75) is 44.8 Å². The van der Waals surface area contributed by atoms with Crippen LogP contribution < -0.4 is 4.74 Å². The highest BCUT2D eigenvalue weighted by Gasteiger charge is 2.41. The van der Waals surface area contributed by atoms with E-state index in [1.807, 2.05) is 23.1 Å². The molecule has 3 rings (SSSR count). The number of rotatable bonds is 2. The SMILES string of the molecule is COc1ccc(C(=O)N2CCC3(CC2)OCCO3)cc1C(C)(C)C. The Hall–Kier alpha value is -1.59. The largest absolute Gasteiger partial charge is 0.496 e. The van der Waals surface area contributed by atoms with Crippen molar-refractivity contribution < 1.29 is 19.0 Å². The first-order valence-corrected chi connectivity index (χ1v) is 8.60. The lowest BCUT2D eigenvalue weighted by molar-refractivity contribution is -0.181. The van der Waals surface area contributed by atoms with Crippen LogP contribution in [0.2, 0.25) is 0 Å². The average Bonchev–Trinajstić information content (AvgIpc) is 3.01. The number of piperidine rings is 1. The van der Waals surface area contributed by atoms with Gasteiger partial charge < -0.3 is 19.1 Å². The molecule has 0 atom stereocenters. The smallest absolute Gasteiger partial charge is 0.253 e. The van der Waals surface area contributed by atoms with Crippen LogP contribution in [0.3, 0.4) is 0 Å². The highest BCUT2D eigenvalue weighted by Crippen LogP contribution is 2.34. The van der Waals surface area contributed by atoms with Crippen LogP contribution in [-0.2, 0) is 14.9 Å². The molecule has 2 saturated heterocycles. The van der Waals surface area contributed by atoms with Crippen molar-refractivity contribution in [1.29, 1.82) is 0 Å². The Bertz CT molecular complexity index is 604. The second-order valence-corrected chi connectivity index (χ2v) is 7.56. The summed E-state index contributed by atoms with van der Waals surface area (Å²) >= 11 is 0. The summed E-state index contributed by atoms with van der Waals surface area (Å²) in [7, 11) is 1.66. The average molecular weight is 333 g/mol. The standard InChI is InChI=1S/C19H27NO4/c1-18(2,3)15-13-14(5-6-16(15)22-4)17(21)20-9-7-19(8-10-20)23-11-12-24-19/h5-6,13H,7-12H2,1-4H3. The van der Waals surface area contributed by atoms with Crippen LogP contribution in [0.4, 0.5) is 0 Å². The van der Waals surface area contributed by atoms with Gasteiger partial charge >= 0.3 is 0 Å². The fraction of sp³-hybridized carbons (Fsp3) is 0.632. The van der Waals surface area contributed by atoms with Gasteiger partial charge in [0.2, 0.25) is 0 Å². The Balaban J connectivity index is 1.76. The molecule has 0 unspecified atom stereocenters. The molecule has 2 aliphatic rings. The Labute approximate surface area is 143 Å². The van der Waals surface area contributed by atoms with E-state index in [4.69, 9.17) is 14.2 Å². The van der Waals surface area contributed by atoms with Crippen molar-refractivity contribution in [3.63, 3.8) is 0 Å². The molecular formula is C19H27NO4. The predicted molar refractivity (Wildman–Crippen MR) is 91.5 cm³/mol. The first-order valence-electron chi connectivity index (χ1n) is 8.60. The van der Waals surface area contributed by atoms with Gasteiger partial charge in [-0.25, -0.2) is 0 Å². The van der Waals surface area contributed by atoms with Crippen molar-refractivity contribution in [3.8, 4) is 5.75 Å². The van der Waals surface area contributed by atoms with Crippen molar-refractivity contribution >= 4 is 5.91 Å². The molecular weight excluding hydrogens is 306 g/mol. The van der Waals surface area contributed by atoms with Gasteiger partial charge in [-0.3, -0.25) is 4.79 Å². The summed E-state index contributed by atoms with van der Waals surface area (Å²) in [5.74, 6) is 0.438. The fourth-order valence-electron chi connectivity index (χ4n) is 3.45. The Kier molecular flexibility index (Phi) is 4.58. The molecule has 2 aliphatic heterocycles. The zero-order valence-corrected chi connectivity index (χ0v) is 15.1. The van der Waals surface area contributed by atoms with Crippen molar-refractivity contribution in [2.75, 3.05) is 33.4 Å². The number of amides is 1. The van der Waals surface area contributed by atoms with Crippen LogP contribution in [0.5, 0.6) is 5.75 Å². The van der Waals surface area contributed by atoms with E-state index in [1.54, 1.807) is 7.11 Å². The Morgan fingerprint density at radius 2 is 1.79 bits per heavy atom. The van der Waals surface area contributed by atoms with E-state index in [2.05, 4.69) is 20.8 Å². The third-order valence-corrected chi connectivity index (χ3v) is 4.88. The minimum Gasteiger partial charge on any atom is -0.496 e. The molecule has 1 aromatic carbocycles. The summed E-state index contributed by atoms with van der Waals surface area (Å²) in [5.41, 5.74) is 1.68. The van der Waals surface area contributed by atoms with Crippen molar-refractivity contribution in [1.82, 2.24) is 4.90 Å². The molecule has 1 aromatic rings. The summed E-state index contributed by atoms with van der Waals surface area (Å²) in [5, 5.41) is 0. The first kappa shape index (κ1) is 17.2. The number of nitrogens with zero attached hydrogens (tertiary/aromatic N) is 1. The lowest BCUT2D eigenvalue weighted by Crippen LogP contribution is -2.47. The van der Waals surface area contributed by atoms with Crippen LogP contribution in [0.25, 0.3) is 0 Å². The van der Waals surface area contributed by atoms with E-state index >= 15 is 0 Å². The summed E-state index contributed by atoms with van der Waals surface area (Å²) in [4.78, 5) is 14.8. The molecule has 24 heavy (non-hydrogen) atoms. The van der Waals surface area contributed by atoms with Crippen molar-refractivity contribution in [2.24, 2.45) is 0 Å². The number of carbonyl (C=O) groups excluding carboxylic acids is 1. The van der Waals surface area contributed by atoms with Gasteiger partial charge in [0, 0.05) is 37.1 Å². The van der Waals surface area contributed by atoms with Gasteiger partial charge in [-0.15, -0.1) is 0 Å². The molecule has 1 amide bonds. The fourth-order valence-corrected chi connectivity index (χ4v) is 3.45. The van der Waals surface area contributed by atoms with Gasteiger partial charge in [-0.1, -0.05) is 20.8 Å². The van der Waals surface area contributed by atoms with Gasteiger partial charge in [-0.2, -0.15) is 0 Å². The molecule has 5 nitrogen and oxygen atoms in total. The summed E-state index contributed by atoms with van der Waals surface area (Å²) in [6.45, 7) is 9.00. The minimum atomic E-state index is -0.451. The number of benzene rings is 1. The van der Waals surface area contributed by atoms with E-state index in [9.17, 15) is 4.79 Å². The maximum absolute atomic E-state index is 12.9. The number of hydrogen-bond donors (Lipinski definition) is 0. The summed E-state index contributed by atoms with van der Waals surface area (Å²) in [6, 6.07) is 5.71. The monoisotopic (exact) mass is 333 g/mol. The van der Waals surface area contributed by atoms with E-state index in [1.165, 1.54) is 0 Å². The number of ether oxygens (including phenoxy) is 3. The molecule has 0 bridgehead atoms. The van der Waals surface area contributed by atoms with Gasteiger partial charge in [0.15, 0.2) is 5.79 Å². The Morgan fingerprint density at radius 1 is 1.17 bits per heavy atom. The Morgan fingerprint density at radius 3 is 2.33 bits per heavy atom. The molecule has 2 heterocycles. The highest BCUT2D eigenvalue weighted by atomic mass is 16.7.